The molecule has 0 unspecified atom stereocenters. The zero-order chi connectivity index (χ0) is 15.2. The molecule has 0 aliphatic carbocycles. The first-order chi connectivity index (χ1) is 10.1. The minimum absolute atomic E-state index is 0.107. The zero-order valence-electron chi connectivity index (χ0n) is 11.7. The van der Waals surface area contributed by atoms with Crippen LogP contribution in [0.15, 0.2) is 36.4 Å². The Hall–Kier alpha value is -2.60. The first kappa shape index (κ1) is 14.8. The second-order valence-corrected chi connectivity index (χ2v) is 4.44. The van der Waals surface area contributed by atoms with Crippen molar-refractivity contribution in [1.82, 2.24) is 4.98 Å². The van der Waals surface area contributed by atoms with Crippen molar-refractivity contribution in [3.05, 3.63) is 47.7 Å². The lowest BCUT2D eigenvalue weighted by Crippen LogP contribution is -2.13. The van der Waals surface area contributed by atoms with E-state index in [1.165, 1.54) is 12.1 Å². The average Bonchev–Trinajstić information content (AvgIpc) is 2.48. The molecule has 0 bridgehead atoms. The quantitative estimate of drug-likeness (QED) is 0.842. The average molecular weight is 287 g/mol. The van der Waals surface area contributed by atoms with Gasteiger partial charge in [0.05, 0.1) is 12.3 Å². The highest BCUT2D eigenvalue weighted by atomic mass is 16.5. The maximum absolute atomic E-state index is 11.1. The number of nitrogens with two attached hydrogens (primary N) is 2. The van der Waals surface area contributed by atoms with Gasteiger partial charge in [-0.25, -0.2) is 4.98 Å². The monoisotopic (exact) mass is 287 g/mol. The topological polar surface area (TPSA) is 100 Å². The Morgan fingerprint density at radius 1 is 1.19 bits per heavy atom. The Morgan fingerprint density at radius 3 is 2.52 bits per heavy atom. The van der Waals surface area contributed by atoms with Crippen molar-refractivity contribution in [3.63, 3.8) is 0 Å². The number of rotatable bonds is 6. The molecule has 0 spiro atoms. The molecule has 110 valence electrons. The van der Waals surface area contributed by atoms with E-state index >= 15 is 0 Å². The van der Waals surface area contributed by atoms with E-state index in [-0.39, 0.29) is 11.6 Å². The summed E-state index contributed by atoms with van der Waals surface area (Å²) in [4.78, 5) is 15.1. The molecule has 0 radical (unpaired) electrons. The Labute approximate surface area is 122 Å². The fraction of sp³-hybridized carbons (Fsp3) is 0.200. The molecule has 0 saturated heterocycles. The van der Waals surface area contributed by atoms with Gasteiger partial charge in [-0.15, -0.1) is 0 Å². The largest absolute Gasteiger partial charge is 0.437 e. The van der Waals surface area contributed by atoms with Gasteiger partial charge in [-0.2, -0.15) is 0 Å². The summed E-state index contributed by atoms with van der Waals surface area (Å²) < 4.78 is 10.6. The third-order valence-electron chi connectivity index (χ3n) is 2.87. The summed E-state index contributed by atoms with van der Waals surface area (Å²) in [5.41, 5.74) is 12.5. The highest BCUT2D eigenvalue weighted by molar-refractivity contribution is 5.91. The van der Waals surface area contributed by atoms with Gasteiger partial charge < -0.3 is 20.9 Å². The van der Waals surface area contributed by atoms with Crippen molar-refractivity contribution < 1.29 is 14.3 Å². The number of ether oxygens (including phenoxy) is 2. The first-order valence-electron chi connectivity index (χ1n) is 6.42. The van der Waals surface area contributed by atoms with E-state index in [0.717, 1.165) is 12.0 Å². The SMILES string of the molecule is COCCc1ccc(Oc2nc(C(N)=O)ccc2N)cc1. The summed E-state index contributed by atoms with van der Waals surface area (Å²) in [6.07, 6.45) is 0.828. The van der Waals surface area contributed by atoms with Crippen LogP contribution in [-0.4, -0.2) is 24.6 Å². The summed E-state index contributed by atoms with van der Waals surface area (Å²) in [7, 11) is 1.66. The van der Waals surface area contributed by atoms with Crippen LogP contribution in [0.5, 0.6) is 11.6 Å². The highest BCUT2D eigenvalue weighted by Crippen LogP contribution is 2.25. The predicted octanol–water partition coefficient (Wildman–Crippen LogP) is 1.74. The Balaban J connectivity index is 2.14. The molecule has 2 rings (SSSR count). The molecule has 0 fully saturated rings. The Morgan fingerprint density at radius 2 is 1.90 bits per heavy atom. The molecule has 1 amide bonds. The van der Waals surface area contributed by atoms with Crippen molar-refractivity contribution in [1.29, 1.82) is 0 Å². The summed E-state index contributed by atoms with van der Waals surface area (Å²) in [5, 5.41) is 0. The van der Waals surface area contributed by atoms with Crippen LogP contribution in [0, 0.1) is 0 Å². The van der Waals surface area contributed by atoms with E-state index in [2.05, 4.69) is 4.98 Å². The summed E-state index contributed by atoms with van der Waals surface area (Å²) in [6, 6.07) is 10.5. The molecule has 1 aromatic carbocycles. The third kappa shape index (κ3) is 3.93. The lowest BCUT2D eigenvalue weighted by atomic mass is 10.1. The summed E-state index contributed by atoms with van der Waals surface area (Å²) in [6.45, 7) is 0.662. The Bertz CT molecular complexity index is 627. The zero-order valence-corrected chi connectivity index (χ0v) is 11.7. The smallest absolute Gasteiger partial charge is 0.267 e. The molecule has 2 aromatic rings. The van der Waals surface area contributed by atoms with Gasteiger partial charge >= 0.3 is 0 Å². The molecule has 0 atom stereocenters. The van der Waals surface area contributed by atoms with Gasteiger partial charge in [0.25, 0.3) is 5.91 Å². The minimum Gasteiger partial charge on any atom is -0.437 e. The molecule has 21 heavy (non-hydrogen) atoms. The van der Waals surface area contributed by atoms with E-state index in [1.54, 1.807) is 7.11 Å². The van der Waals surface area contributed by atoms with Crippen LogP contribution >= 0.6 is 0 Å². The number of nitrogens with zero attached hydrogens (tertiary/aromatic N) is 1. The van der Waals surface area contributed by atoms with E-state index in [0.29, 0.717) is 18.0 Å². The number of carbonyl (C=O) groups excluding carboxylic acids is 1. The first-order valence-corrected chi connectivity index (χ1v) is 6.42. The minimum atomic E-state index is -0.630. The Kier molecular flexibility index (Phi) is 4.73. The fourth-order valence-electron chi connectivity index (χ4n) is 1.73. The van der Waals surface area contributed by atoms with Crippen LogP contribution in [0.2, 0.25) is 0 Å². The van der Waals surface area contributed by atoms with Crippen molar-refractivity contribution in [2.45, 2.75) is 6.42 Å². The maximum Gasteiger partial charge on any atom is 0.267 e. The van der Waals surface area contributed by atoms with Crippen LogP contribution in [-0.2, 0) is 11.2 Å². The van der Waals surface area contributed by atoms with Gasteiger partial charge in [-0.1, -0.05) is 12.1 Å². The molecule has 1 aromatic heterocycles. The highest BCUT2D eigenvalue weighted by Gasteiger charge is 2.09. The molecule has 4 N–H and O–H groups in total. The van der Waals surface area contributed by atoms with E-state index in [4.69, 9.17) is 20.9 Å². The number of amides is 1. The van der Waals surface area contributed by atoms with Crippen LogP contribution in [0.3, 0.4) is 0 Å². The number of methoxy groups -OCH3 is 1. The molecule has 0 aliphatic heterocycles. The van der Waals surface area contributed by atoms with Gasteiger partial charge in [-0.3, -0.25) is 4.79 Å². The molecule has 0 aliphatic rings. The summed E-state index contributed by atoms with van der Waals surface area (Å²) >= 11 is 0. The lowest BCUT2D eigenvalue weighted by Gasteiger charge is -2.09. The summed E-state index contributed by atoms with van der Waals surface area (Å²) in [5.74, 6) is 0.114. The molecule has 0 saturated carbocycles. The lowest BCUT2D eigenvalue weighted by molar-refractivity contribution is 0.0995. The second kappa shape index (κ2) is 6.71. The number of nitrogen functional groups attached to an aromatic ring is 1. The van der Waals surface area contributed by atoms with Gasteiger partial charge in [0, 0.05) is 7.11 Å². The number of pyridine rings is 1. The predicted molar refractivity (Wildman–Crippen MR) is 79.3 cm³/mol. The van der Waals surface area contributed by atoms with Crippen LogP contribution < -0.4 is 16.2 Å². The maximum atomic E-state index is 11.1. The van der Waals surface area contributed by atoms with Crippen LogP contribution in [0.4, 0.5) is 5.69 Å². The van der Waals surface area contributed by atoms with Gasteiger partial charge in [0.2, 0.25) is 5.88 Å². The fourth-order valence-corrected chi connectivity index (χ4v) is 1.73. The number of anilines is 1. The number of hydrogen-bond acceptors (Lipinski definition) is 5. The molecular formula is C15H17N3O3. The standard InChI is InChI=1S/C15H17N3O3/c1-20-9-8-10-2-4-11(5-3-10)21-15-12(16)6-7-13(18-15)14(17)19/h2-7H,8-9,16H2,1H3,(H2,17,19). The number of hydrogen-bond donors (Lipinski definition) is 2. The van der Waals surface area contributed by atoms with Crippen molar-refractivity contribution in [3.8, 4) is 11.6 Å². The number of carbonyl (C=O) groups is 1. The number of benzene rings is 1. The van der Waals surface area contributed by atoms with E-state index < -0.39 is 5.91 Å². The normalized spacial score (nSPS) is 10.3. The molecule has 1 heterocycles. The number of primary amides is 1. The van der Waals surface area contributed by atoms with Crippen molar-refractivity contribution in [2.75, 3.05) is 19.5 Å². The van der Waals surface area contributed by atoms with Crippen LogP contribution in [0.25, 0.3) is 0 Å². The third-order valence-corrected chi connectivity index (χ3v) is 2.87. The second-order valence-electron chi connectivity index (χ2n) is 4.44. The van der Waals surface area contributed by atoms with Gasteiger partial charge in [0.15, 0.2) is 0 Å². The van der Waals surface area contributed by atoms with Crippen molar-refractivity contribution >= 4 is 11.6 Å². The van der Waals surface area contributed by atoms with Gasteiger partial charge in [-0.05, 0) is 36.2 Å². The van der Waals surface area contributed by atoms with Crippen molar-refractivity contribution in [2.24, 2.45) is 5.73 Å². The molecule has 6 nitrogen and oxygen atoms in total. The van der Waals surface area contributed by atoms with E-state index in [1.807, 2.05) is 24.3 Å². The number of aromatic nitrogens is 1. The van der Waals surface area contributed by atoms with E-state index in [9.17, 15) is 4.79 Å². The van der Waals surface area contributed by atoms with Gasteiger partial charge in [0.1, 0.15) is 11.4 Å². The molecular weight excluding hydrogens is 270 g/mol. The molecule has 6 heteroatoms. The van der Waals surface area contributed by atoms with Crippen LogP contribution in [0.1, 0.15) is 16.1 Å².